The van der Waals surface area contributed by atoms with Crippen molar-refractivity contribution in [3.05, 3.63) is 331 Å². The topological polar surface area (TPSA) is 399 Å². The Kier molecular flexibility index (Phi) is 26.9. The van der Waals surface area contributed by atoms with Crippen LogP contribution < -0.4 is 36.1 Å². The fourth-order valence-corrected chi connectivity index (χ4v) is 27.4. The van der Waals surface area contributed by atoms with Gasteiger partial charge in [-0.15, -0.1) is 0 Å². The molecule has 0 unspecified atom stereocenters. The Balaban J connectivity index is 0.000000127. The van der Waals surface area contributed by atoms with Crippen molar-refractivity contribution in [1.82, 2.24) is 24.9 Å². The maximum atomic E-state index is 14.7. The monoisotopic (exact) mass is 2040 g/mol. The lowest BCUT2D eigenvalue weighted by Gasteiger charge is -2.18. The zero-order chi connectivity index (χ0) is 96.6. The molecule has 137 heavy (non-hydrogen) atoms. The van der Waals surface area contributed by atoms with E-state index in [1.54, 1.807) is 79.4 Å². The molecule has 29 nitrogen and oxygen atoms in total. The van der Waals surface area contributed by atoms with E-state index in [1.807, 2.05) is 104 Å². The van der Waals surface area contributed by atoms with Gasteiger partial charge in [-0.1, -0.05) is 102 Å². The number of halogens is 4. The smallest absolute Gasteiger partial charge is 0.263 e. The van der Waals surface area contributed by atoms with Crippen LogP contribution in [0.5, 0.6) is 0 Å². The van der Waals surface area contributed by atoms with Crippen LogP contribution in [0, 0.1) is 18.6 Å². The molecular formula is C96H81Cl2F2N13O16S8. The van der Waals surface area contributed by atoms with Crippen molar-refractivity contribution < 1.29 is 76.1 Å². The summed E-state index contributed by atoms with van der Waals surface area (Å²) < 4.78 is 246. The van der Waals surface area contributed by atoms with Crippen LogP contribution in [0.3, 0.4) is 0 Å². The average molecular weight is 2040 g/mol. The molecule has 0 bridgehead atoms. The summed E-state index contributed by atoms with van der Waals surface area (Å²) in [5.41, 5.74) is 8.79. The Hall–Kier alpha value is -13.4. The van der Waals surface area contributed by atoms with Gasteiger partial charge in [-0.05, 0) is 255 Å². The number of sulfonamides is 8. The molecule has 20 rings (SSSR count). The van der Waals surface area contributed by atoms with Crippen LogP contribution in [0.15, 0.2) is 323 Å². The first-order chi connectivity index (χ1) is 65.4. The molecule has 0 atom stereocenters. The van der Waals surface area contributed by atoms with E-state index in [9.17, 15) is 76.1 Å². The number of aromatic nitrogens is 5. The first kappa shape index (κ1) is 95.4. The molecule has 4 aliphatic heterocycles. The van der Waals surface area contributed by atoms with Gasteiger partial charge < -0.3 is 0 Å². The molecule has 4 aliphatic rings. The van der Waals surface area contributed by atoms with Gasteiger partial charge >= 0.3 is 0 Å². The summed E-state index contributed by atoms with van der Waals surface area (Å²) in [4.78, 5) is 21.8. The lowest BCUT2D eigenvalue weighted by molar-refractivity contribution is 0.597. The standard InChI is InChI=1S/C25H23N3O4S2.C24H19Cl2N3O4S2.C24H20FN3O4S2.C23H19FN4O4S2/c1-18-7-8-20(17-24(18)25-23-6-3-2-5-19(23)13-14-26-25)27-34(31,32)22-11-9-21(10-12-22)28-15-4-16-33(28,29)30;25-21-8-6-17(14-20(21)24-19-5-2-1-4-16(19)10-11-27-24)28-35(32,33)23-9-7-18(15-22(23)26)29-12-3-13-34(29,30)31;25-23-11-6-18(16-22(23)24-21-5-2-1-4-17(21)12-13-26-24)27-34(31,32)20-9-7-19(8-10-20)28-14-3-15-33(28,29)30;24-20-9-4-16(15-19(20)21-10-11-22-23(26-21)3-1-12-25-22)27-34(31,32)18-7-5-17(6-8-18)28-13-2-14-33(28,29)30/h2-3,5-14,17,27H,4,15-16H2,1H3;1-2,4-11,14-15,28H,3,12-13H2;1-2,4-13,16,27H,3,14-15H2;1,3-12,15,27H,2,13-14H2. The number of rotatable bonds is 20. The van der Waals surface area contributed by atoms with Crippen molar-refractivity contribution in [1.29, 1.82) is 0 Å². The van der Waals surface area contributed by atoms with E-state index in [1.165, 1.54) is 145 Å². The van der Waals surface area contributed by atoms with Crippen LogP contribution in [-0.2, 0) is 80.2 Å². The molecule has 5 aromatic heterocycles. The van der Waals surface area contributed by atoms with Gasteiger partial charge in [-0.25, -0.2) is 81.1 Å². The number of benzene rings is 11. The van der Waals surface area contributed by atoms with Crippen molar-refractivity contribution in [3.63, 3.8) is 0 Å². The number of nitrogens with one attached hydrogen (secondary N) is 4. The van der Waals surface area contributed by atoms with Crippen LogP contribution in [0.2, 0.25) is 10.0 Å². The molecule has 4 saturated heterocycles. The highest BCUT2D eigenvalue weighted by Crippen LogP contribution is 2.41. The van der Waals surface area contributed by atoms with Crippen molar-refractivity contribution in [2.45, 2.75) is 52.2 Å². The van der Waals surface area contributed by atoms with E-state index in [4.69, 9.17) is 23.2 Å². The maximum absolute atomic E-state index is 14.7. The SMILES string of the molecule is Cc1ccc(NS(=O)(=O)c2ccc(N3CCCS3(=O)=O)cc2)cc1-c1nccc2ccccc12.O=S(=O)(Nc1ccc(Cl)c(-c2nccc3ccccc23)c1)c1ccc(N2CCCS2(=O)=O)cc1Cl.O=S(=O)(Nc1ccc(F)c(-c2ccc3ncccc3n2)c1)c1ccc(N2CCCS2(=O)=O)cc1.O=S(=O)(Nc1ccc(F)c(-c2nccc3ccccc23)c1)c1ccc(N2CCCS2(=O)=O)cc1. The Labute approximate surface area is 800 Å². The van der Waals surface area contributed by atoms with E-state index in [-0.39, 0.29) is 75.8 Å². The number of pyridine rings is 5. The molecule has 4 N–H and O–H groups in total. The van der Waals surface area contributed by atoms with E-state index in [2.05, 4.69) is 43.8 Å². The van der Waals surface area contributed by atoms with Crippen molar-refractivity contribution in [2.24, 2.45) is 0 Å². The van der Waals surface area contributed by atoms with E-state index in [0.717, 1.165) is 49.1 Å². The second-order valence-corrected chi connectivity index (χ2v) is 47.5. The Morgan fingerprint density at radius 2 is 0.672 bits per heavy atom. The fraction of sp³-hybridized carbons (Fsp3) is 0.135. The third-order valence-electron chi connectivity index (χ3n) is 22.9. The minimum Gasteiger partial charge on any atom is -0.280 e. The molecule has 11 aromatic carbocycles. The van der Waals surface area contributed by atoms with Gasteiger partial charge in [-0.2, -0.15) is 0 Å². The van der Waals surface area contributed by atoms with Crippen molar-refractivity contribution in [2.75, 3.05) is 85.3 Å². The molecular weight excluding hydrogens is 1960 g/mol. The number of hydrogen-bond acceptors (Lipinski definition) is 21. The van der Waals surface area contributed by atoms with Crippen LogP contribution in [0.25, 0.3) is 88.4 Å². The molecule has 0 radical (unpaired) electrons. The summed E-state index contributed by atoms with van der Waals surface area (Å²) in [6.45, 7) is 3.43. The molecule has 0 aliphatic carbocycles. The number of nitrogens with zero attached hydrogens (tertiary/aromatic N) is 9. The summed E-state index contributed by atoms with van der Waals surface area (Å²) in [6, 6.07) is 74.7. The summed E-state index contributed by atoms with van der Waals surface area (Å²) in [5, 5.41) is 5.87. The number of fused-ring (bicyclic) bond motifs is 4. The lowest BCUT2D eigenvalue weighted by Crippen LogP contribution is -2.25. The fourth-order valence-electron chi connectivity index (χ4n) is 16.2. The van der Waals surface area contributed by atoms with Gasteiger partial charge in [0.2, 0.25) is 40.1 Å². The number of aryl methyl sites for hydroxylation is 1. The Morgan fingerprint density at radius 1 is 0.314 bits per heavy atom. The third-order valence-corrected chi connectivity index (χ3v) is 36.7. The predicted molar refractivity (Wildman–Crippen MR) is 533 cm³/mol. The first-order valence-electron chi connectivity index (χ1n) is 42.3. The largest absolute Gasteiger partial charge is 0.280 e. The van der Waals surface area contributed by atoms with Crippen LogP contribution in [0.1, 0.15) is 31.2 Å². The molecule has 0 amide bonds. The number of anilines is 8. The molecule has 41 heteroatoms. The quantitative estimate of drug-likeness (QED) is 0.0550. The minimum absolute atomic E-state index is 0.0398. The normalized spacial score (nSPS) is 15.5. The van der Waals surface area contributed by atoms with Gasteiger partial charge in [0.05, 0.1) is 104 Å². The molecule has 702 valence electrons. The summed E-state index contributed by atoms with van der Waals surface area (Å²) in [5.74, 6) is -0.762. The molecule has 9 heterocycles. The molecule has 4 fully saturated rings. The van der Waals surface area contributed by atoms with Crippen LogP contribution in [-0.4, -0.2) is 141 Å². The van der Waals surface area contributed by atoms with E-state index < -0.39 is 91.8 Å². The molecule has 16 aromatic rings. The first-order valence-corrected chi connectivity index (χ1v) is 55.5. The maximum Gasteiger partial charge on any atom is 0.263 e. The predicted octanol–water partition coefficient (Wildman–Crippen LogP) is 18.3. The zero-order valence-corrected chi connectivity index (χ0v) is 80.2. The van der Waals surface area contributed by atoms with Gasteiger partial charge in [0.25, 0.3) is 40.1 Å². The minimum atomic E-state index is -4.08. The second kappa shape index (κ2) is 38.7. The van der Waals surface area contributed by atoms with Gasteiger partial charge in [0.15, 0.2) is 0 Å². The number of hydrogen-bond donors (Lipinski definition) is 4. The Bertz CT molecular complexity index is 8190. The molecule has 0 saturated carbocycles. The molecule has 0 spiro atoms. The highest BCUT2D eigenvalue weighted by atomic mass is 35.5. The van der Waals surface area contributed by atoms with Crippen LogP contribution in [0.4, 0.5) is 54.3 Å². The lowest BCUT2D eigenvalue weighted by atomic mass is 10.00. The highest BCUT2D eigenvalue weighted by Gasteiger charge is 2.34. The van der Waals surface area contributed by atoms with Gasteiger partial charge in [0, 0.05) is 112 Å². The Morgan fingerprint density at radius 3 is 1.09 bits per heavy atom. The van der Waals surface area contributed by atoms with Crippen molar-refractivity contribution in [3.8, 4) is 45.0 Å². The van der Waals surface area contributed by atoms with Crippen LogP contribution >= 0.6 is 23.2 Å². The zero-order valence-electron chi connectivity index (χ0n) is 72.2. The summed E-state index contributed by atoms with van der Waals surface area (Å²) >= 11 is 12.8. The highest BCUT2D eigenvalue weighted by molar-refractivity contribution is 7.95. The summed E-state index contributed by atoms with van der Waals surface area (Å²) in [6.07, 6.45) is 8.76. The van der Waals surface area contributed by atoms with Gasteiger partial charge in [-0.3, -0.25) is 56.0 Å². The van der Waals surface area contributed by atoms with E-state index >= 15 is 0 Å². The third kappa shape index (κ3) is 20.8. The summed E-state index contributed by atoms with van der Waals surface area (Å²) in [7, 11) is -29.4. The van der Waals surface area contributed by atoms with Crippen molar-refractivity contribution >= 4 is 192 Å². The van der Waals surface area contributed by atoms with E-state index in [0.29, 0.717) is 119 Å². The van der Waals surface area contributed by atoms with Gasteiger partial charge in [0.1, 0.15) is 16.5 Å². The average Bonchev–Trinajstić information content (AvgIpc) is 1.64. The second-order valence-electron chi connectivity index (χ2n) is 32.0.